The SMILES string of the molecule is CC1CCCC(CNc2nccn3cnnc23)(N(C)C)C1. The molecule has 0 radical (unpaired) electrons. The van der Waals surface area contributed by atoms with Crippen LogP contribution in [0.3, 0.4) is 0 Å². The third kappa shape index (κ3) is 2.72. The molecule has 114 valence electrons. The van der Waals surface area contributed by atoms with Gasteiger partial charge in [-0.3, -0.25) is 4.40 Å². The van der Waals surface area contributed by atoms with E-state index in [9.17, 15) is 0 Å². The molecule has 1 aliphatic rings. The van der Waals surface area contributed by atoms with Gasteiger partial charge in [0.25, 0.3) is 0 Å². The normalized spacial score (nSPS) is 26.4. The molecule has 2 atom stereocenters. The van der Waals surface area contributed by atoms with Crippen molar-refractivity contribution in [2.45, 2.75) is 38.1 Å². The predicted molar refractivity (Wildman–Crippen MR) is 83.3 cm³/mol. The monoisotopic (exact) mass is 288 g/mol. The van der Waals surface area contributed by atoms with E-state index in [0.717, 1.165) is 23.9 Å². The van der Waals surface area contributed by atoms with Gasteiger partial charge in [0.2, 0.25) is 5.65 Å². The number of anilines is 1. The van der Waals surface area contributed by atoms with E-state index in [4.69, 9.17) is 0 Å². The molecule has 2 aromatic heterocycles. The van der Waals surface area contributed by atoms with Gasteiger partial charge in [0.15, 0.2) is 5.82 Å². The molecule has 6 heteroatoms. The highest BCUT2D eigenvalue weighted by Gasteiger charge is 2.36. The molecule has 0 aliphatic heterocycles. The van der Waals surface area contributed by atoms with Crippen LogP contribution < -0.4 is 5.32 Å². The first-order valence-electron chi connectivity index (χ1n) is 7.66. The topological polar surface area (TPSA) is 58.4 Å². The molecule has 0 amide bonds. The lowest BCUT2D eigenvalue weighted by Gasteiger charge is -2.45. The van der Waals surface area contributed by atoms with Crippen LogP contribution in [0.25, 0.3) is 5.65 Å². The lowest BCUT2D eigenvalue weighted by Crippen LogP contribution is -2.52. The highest BCUT2D eigenvalue weighted by atomic mass is 15.3. The number of hydrogen-bond acceptors (Lipinski definition) is 5. The first-order chi connectivity index (χ1) is 10.1. The molecule has 21 heavy (non-hydrogen) atoms. The number of hydrogen-bond donors (Lipinski definition) is 1. The Labute approximate surface area is 125 Å². The van der Waals surface area contributed by atoms with Gasteiger partial charge in [-0.2, -0.15) is 0 Å². The molecule has 6 nitrogen and oxygen atoms in total. The Morgan fingerprint density at radius 2 is 2.33 bits per heavy atom. The van der Waals surface area contributed by atoms with Gasteiger partial charge in [-0.1, -0.05) is 19.8 Å². The largest absolute Gasteiger partial charge is 0.365 e. The molecule has 1 saturated carbocycles. The Morgan fingerprint density at radius 1 is 1.48 bits per heavy atom. The Balaban J connectivity index is 1.79. The van der Waals surface area contributed by atoms with Gasteiger partial charge >= 0.3 is 0 Å². The van der Waals surface area contributed by atoms with E-state index in [1.807, 2.05) is 10.6 Å². The van der Waals surface area contributed by atoms with E-state index in [-0.39, 0.29) is 5.54 Å². The van der Waals surface area contributed by atoms with Crippen molar-refractivity contribution in [3.05, 3.63) is 18.7 Å². The summed E-state index contributed by atoms with van der Waals surface area (Å²) in [6.45, 7) is 3.25. The number of likely N-dealkylation sites (N-methyl/N-ethyl adjacent to an activating group) is 1. The summed E-state index contributed by atoms with van der Waals surface area (Å²) in [6.07, 6.45) is 10.4. The number of fused-ring (bicyclic) bond motifs is 1. The van der Waals surface area contributed by atoms with E-state index in [1.54, 1.807) is 12.5 Å². The van der Waals surface area contributed by atoms with Crippen molar-refractivity contribution in [2.75, 3.05) is 26.0 Å². The summed E-state index contributed by atoms with van der Waals surface area (Å²) in [7, 11) is 4.37. The zero-order valence-corrected chi connectivity index (χ0v) is 13.1. The molecule has 2 heterocycles. The summed E-state index contributed by atoms with van der Waals surface area (Å²) in [5.41, 5.74) is 0.988. The summed E-state index contributed by atoms with van der Waals surface area (Å²) in [5.74, 6) is 1.59. The fourth-order valence-corrected chi connectivity index (χ4v) is 3.49. The molecule has 3 rings (SSSR count). The summed E-state index contributed by atoms with van der Waals surface area (Å²) in [5, 5.41) is 11.6. The summed E-state index contributed by atoms with van der Waals surface area (Å²) in [6, 6.07) is 0. The smallest absolute Gasteiger partial charge is 0.203 e. The third-order valence-electron chi connectivity index (χ3n) is 4.82. The Morgan fingerprint density at radius 3 is 3.10 bits per heavy atom. The molecule has 1 N–H and O–H groups in total. The second-order valence-electron chi connectivity index (χ2n) is 6.51. The van der Waals surface area contributed by atoms with Crippen LogP contribution in [0.15, 0.2) is 18.7 Å². The van der Waals surface area contributed by atoms with Crippen molar-refractivity contribution < 1.29 is 0 Å². The van der Waals surface area contributed by atoms with Crippen LogP contribution in [0, 0.1) is 5.92 Å². The molecular formula is C15H24N6. The molecule has 0 aromatic carbocycles. The van der Waals surface area contributed by atoms with E-state index in [0.29, 0.717) is 0 Å². The zero-order valence-electron chi connectivity index (χ0n) is 13.1. The van der Waals surface area contributed by atoms with Crippen LogP contribution in [0.4, 0.5) is 5.82 Å². The summed E-state index contributed by atoms with van der Waals surface area (Å²) in [4.78, 5) is 6.79. The third-order valence-corrected chi connectivity index (χ3v) is 4.82. The van der Waals surface area contributed by atoms with Crippen molar-refractivity contribution in [3.63, 3.8) is 0 Å². The lowest BCUT2D eigenvalue weighted by molar-refractivity contribution is 0.0882. The van der Waals surface area contributed by atoms with Gasteiger partial charge in [-0.25, -0.2) is 4.98 Å². The summed E-state index contributed by atoms with van der Waals surface area (Å²) >= 11 is 0. The molecular weight excluding hydrogens is 264 g/mol. The van der Waals surface area contributed by atoms with Crippen LogP contribution in [-0.4, -0.2) is 50.7 Å². The van der Waals surface area contributed by atoms with Crippen LogP contribution in [0.2, 0.25) is 0 Å². The van der Waals surface area contributed by atoms with Gasteiger partial charge in [0, 0.05) is 24.5 Å². The number of nitrogens with zero attached hydrogens (tertiary/aromatic N) is 5. The van der Waals surface area contributed by atoms with Crippen molar-refractivity contribution in [3.8, 4) is 0 Å². The van der Waals surface area contributed by atoms with Gasteiger partial charge in [0.1, 0.15) is 6.33 Å². The minimum atomic E-state index is 0.201. The Hall–Kier alpha value is -1.69. The van der Waals surface area contributed by atoms with Gasteiger partial charge in [0.05, 0.1) is 0 Å². The zero-order chi connectivity index (χ0) is 14.9. The number of nitrogens with one attached hydrogen (secondary N) is 1. The molecule has 0 spiro atoms. The van der Waals surface area contributed by atoms with Gasteiger partial charge in [-0.15, -0.1) is 10.2 Å². The van der Waals surface area contributed by atoms with Crippen LogP contribution in [0.5, 0.6) is 0 Å². The standard InChI is InChI=1S/C15H24N6/c1-12-5-4-6-15(9-12,20(2)3)10-17-13-14-19-18-11-21(14)8-7-16-13/h7-8,11-12H,4-6,9-10H2,1-3H3,(H,16,17). The minimum Gasteiger partial charge on any atom is -0.365 e. The quantitative estimate of drug-likeness (QED) is 0.933. The van der Waals surface area contributed by atoms with E-state index in [1.165, 1.54) is 25.7 Å². The second-order valence-corrected chi connectivity index (χ2v) is 6.51. The first-order valence-corrected chi connectivity index (χ1v) is 7.66. The van der Waals surface area contributed by atoms with Crippen LogP contribution in [0.1, 0.15) is 32.6 Å². The van der Waals surface area contributed by atoms with E-state index >= 15 is 0 Å². The maximum absolute atomic E-state index is 4.42. The average Bonchev–Trinajstić information content (AvgIpc) is 2.94. The average molecular weight is 288 g/mol. The van der Waals surface area contributed by atoms with Gasteiger partial charge in [-0.05, 0) is 32.9 Å². The van der Waals surface area contributed by atoms with Crippen molar-refractivity contribution in [1.29, 1.82) is 0 Å². The molecule has 0 saturated heterocycles. The minimum absolute atomic E-state index is 0.201. The second kappa shape index (κ2) is 5.60. The first kappa shape index (κ1) is 14.3. The predicted octanol–water partition coefficient (Wildman–Crippen LogP) is 2.05. The van der Waals surface area contributed by atoms with Crippen LogP contribution >= 0.6 is 0 Å². The molecule has 2 unspecified atom stereocenters. The highest BCUT2D eigenvalue weighted by Crippen LogP contribution is 2.35. The van der Waals surface area contributed by atoms with E-state index < -0.39 is 0 Å². The van der Waals surface area contributed by atoms with E-state index in [2.05, 4.69) is 46.4 Å². The molecule has 0 bridgehead atoms. The maximum Gasteiger partial charge on any atom is 0.203 e. The fourth-order valence-electron chi connectivity index (χ4n) is 3.49. The van der Waals surface area contributed by atoms with Crippen molar-refractivity contribution in [1.82, 2.24) is 24.5 Å². The van der Waals surface area contributed by atoms with Crippen molar-refractivity contribution in [2.24, 2.45) is 5.92 Å². The Bertz CT molecular complexity index is 607. The van der Waals surface area contributed by atoms with Gasteiger partial charge < -0.3 is 10.2 Å². The number of rotatable bonds is 4. The highest BCUT2D eigenvalue weighted by molar-refractivity contribution is 5.61. The number of aromatic nitrogens is 4. The fraction of sp³-hybridized carbons (Fsp3) is 0.667. The summed E-state index contributed by atoms with van der Waals surface area (Å²) < 4.78 is 1.89. The van der Waals surface area contributed by atoms with Crippen molar-refractivity contribution >= 4 is 11.5 Å². The molecule has 1 fully saturated rings. The lowest BCUT2D eigenvalue weighted by atomic mass is 9.75. The maximum atomic E-state index is 4.42. The van der Waals surface area contributed by atoms with Crippen LogP contribution in [-0.2, 0) is 0 Å². The molecule has 1 aliphatic carbocycles. The Kier molecular flexibility index (Phi) is 3.80. The molecule has 2 aromatic rings.